The van der Waals surface area contributed by atoms with Crippen molar-refractivity contribution in [1.29, 1.82) is 0 Å². The Morgan fingerprint density at radius 1 is 0.810 bits per heavy atom. The van der Waals surface area contributed by atoms with Crippen LogP contribution in [-0.2, 0) is 12.8 Å². The molecular weight excluding hydrogens is 256 g/mol. The quantitative estimate of drug-likeness (QED) is 0.737. The molecule has 1 aliphatic carbocycles. The lowest BCUT2D eigenvalue weighted by Crippen LogP contribution is -2.03. The predicted octanol–water partition coefficient (Wildman–Crippen LogP) is 4.33. The molecule has 0 fully saturated rings. The van der Waals surface area contributed by atoms with E-state index in [9.17, 15) is 5.11 Å². The summed E-state index contributed by atoms with van der Waals surface area (Å²) < 4.78 is 0. The van der Waals surface area contributed by atoms with E-state index in [0.29, 0.717) is 0 Å². The average molecular weight is 274 g/mol. The SMILES string of the molecule is Cc1ccccc1[C@@H](O)c1ccc2c3c(cccc13)CC2. The summed E-state index contributed by atoms with van der Waals surface area (Å²) in [5.41, 5.74) is 5.99. The van der Waals surface area contributed by atoms with E-state index in [1.165, 1.54) is 21.9 Å². The van der Waals surface area contributed by atoms with Crippen LogP contribution >= 0.6 is 0 Å². The van der Waals surface area contributed by atoms with Gasteiger partial charge in [0.25, 0.3) is 0 Å². The lowest BCUT2D eigenvalue weighted by molar-refractivity contribution is 0.221. The molecule has 1 aliphatic rings. The minimum absolute atomic E-state index is 0.559. The maximum Gasteiger partial charge on any atom is 0.105 e. The second-order valence-corrected chi connectivity index (χ2v) is 5.91. The van der Waals surface area contributed by atoms with E-state index >= 15 is 0 Å². The van der Waals surface area contributed by atoms with Gasteiger partial charge in [-0.05, 0) is 58.4 Å². The molecule has 21 heavy (non-hydrogen) atoms. The molecule has 3 aromatic rings. The first-order chi connectivity index (χ1) is 10.3. The Kier molecular flexibility index (Phi) is 2.83. The first-order valence-corrected chi connectivity index (χ1v) is 7.52. The highest BCUT2D eigenvalue weighted by Gasteiger charge is 2.20. The van der Waals surface area contributed by atoms with Crippen molar-refractivity contribution in [2.45, 2.75) is 25.9 Å². The molecule has 0 spiro atoms. The van der Waals surface area contributed by atoms with Gasteiger partial charge in [-0.15, -0.1) is 0 Å². The van der Waals surface area contributed by atoms with Gasteiger partial charge < -0.3 is 5.11 Å². The van der Waals surface area contributed by atoms with Crippen molar-refractivity contribution < 1.29 is 5.11 Å². The molecule has 0 amide bonds. The number of aryl methyl sites for hydroxylation is 3. The van der Waals surface area contributed by atoms with Crippen LogP contribution in [0.4, 0.5) is 0 Å². The van der Waals surface area contributed by atoms with E-state index in [1.54, 1.807) is 0 Å². The van der Waals surface area contributed by atoms with Gasteiger partial charge in [0.1, 0.15) is 6.10 Å². The molecule has 0 unspecified atom stereocenters. The lowest BCUT2D eigenvalue weighted by Gasteiger charge is -2.17. The molecule has 0 aliphatic heterocycles. The zero-order valence-corrected chi connectivity index (χ0v) is 12.1. The molecule has 0 aromatic heterocycles. The zero-order valence-electron chi connectivity index (χ0n) is 12.1. The van der Waals surface area contributed by atoms with Crippen LogP contribution in [0.15, 0.2) is 54.6 Å². The van der Waals surface area contributed by atoms with E-state index in [2.05, 4.69) is 43.3 Å². The maximum atomic E-state index is 10.9. The number of hydrogen-bond acceptors (Lipinski definition) is 1. The van der Waals surface area contributed by atoms with Crippen molar-refractivity contribution >= 4 is 10.8 Å². The van der Waals surface area contributed by atoms with Gasteiger partial charge in [0, 0.05) is 0 Å². The highest BCUT2D eigenvalue weighted by atomic mass is 16.3. The normalized spacial score (nSPS) is 14.6. The summed E-state index contributed by atoms with van der Waals surface area (Å²) in [7, 11) is 0. The number of aliphatic hydroxyl groups is 1. The van der Waals surface area contributed by atoms with Gasteiger partial charge in [-0.25, -0.2) is 0 Å². The molecule has 0 saturated carbocycles. The monoisotopic (exact) mass is 274 g/mol. The fraction of sp³-hybridized carbons (Fsp3) is 0.200. The summed E-state index contributed by atoms with van der Waals surface area (Å²) >= 11 is 0. The van der Waals surface area contributed by atoms with E-state index < -0.39 is 6.10 Å². The number of aliphatic hydroxyl groups excluding tert-OH is 1. The molecule has 3 aromatic carbocycles. The smallest absolute Gasteiger partial charge is 0.105 e. The Labute approximate surface area is 124 Å². The van der Waals surface area contributed by atoms with E-state index in [4.69, 9.17) is 0 Å². The zero-order chi connectivity index (χ0) is 14.4. The molecule has 1 heteroatoms. The minimum Gasteiger partial charge on any atom is -0.384 e. The van der Waals surface area contributed by atoms with Crippen LogP contribution < -0.4 is 0 Å². The van der Waals surface area contributed by atoms with E-state index in [0.717, 1.165) is 29.5 Å². The fourth-order valence-electron chi connectivity index (χ4n) is 3.57. The third-order valence-electron chi connectivity index (χ3n) is 4.69. The van der Waals surface area contributed by atoms with Crippen molar-refractivity contribution in [2.75, 3.05) is 0 Å². The lowest BCUT2D eigenvalue weighted by atomic mass is 9.92. The van der Waals surface area contributed by atoms with Crippen LogP contribution in [0.5, 0.6) is 0 Å². The molecule has 1 N–H and O–H groups in total. The third-order valence-corrected chi connectivity index (χ3v) is 4.69. The molecule has 1 nitrogen and oxygen atoms in total. The molecule has 0 bridgehead atoms. The second kappa shape index (κ2) is 4.71. The molecule has 0 heterocycles. The number of benzene rings is 3. The van der Waals surface area contributed by atoms with Gasteiger partial charge in [0.05, 0.1) is 0 Å². The summed E-state index contributed by atoms with van der Waals surface area (Å²) in [4.78, 5) is 0. The fourth-order valence-corrected chi connectivity index (χ4v) is 3.57. The Morgan fingerprint density at radius 3 is 2.38 bits per heavy atom. The number of hydrogen-bond donors (Lipinski definition) is 1. The van der Waals surface area contributed by atoms with Crippen LogP contribution in [0.25, 0.3) is 10.8 Å². The average Bonchev–Trinajstić information content (AvgIpc) is 2.93. The van der Waals surface area contributed by atoms with Gasteiger partial charge in [-0.1, -0.05) is 54.6 Å². The molecule has 1 atom stereocenters. The summed E-state index contributed by atoms with van der Waals surface area (Å²) in [6, 6.07) is 18.8. The van der Waals surface area contributed by atoms with Crippen molar-refractivity contribution in [3.05, 3.63) is 82.4 Å². The third kappa shape index (κ3) is 1.89. The predicted molar refractivity (Wildman–Crippen MR) is 86.6 cm³/mol. The van der Waals surface area contributed by atoms with Crippen molar-refractivity contribution in [3.63, 3.8) is 0 Å². The van der Waals surface area contributed by atoms with Crippen LogP contribution in [0.3, 0.4) is 0 Å². The van der Waals surface area contributed by atoms with Crippen molar-refractivity contribution in [1.82, 2.24) is 0 Å². The largest absolute Gasteiger partial charge is 0.384 e. The summed E-state index contributed by atoms with van der Waals surface area (Å²) in [5.74, 6) is 0. The van der Waals surface area contributed by atoms with Crippen molar-refractivity contribution in [3.8, 4) is 0 Å². The first-order valence-electron chi connectivity index (χ1n) is 7.52. The molecule has 104 valence electrons. The van der Waals surface area contributed by atoms with Gasteiger partial charge in [0.2, 0.25) is 0 Å². The van der Waals surface area contributed by atoms with Crippen LogP contribution in [-0.4, -0.2) is 5.11 Å². The second-order valence-electron chi connectivity index (χ2n) is 5.91. The van der Waals surface area contributed by atoms with E-state index in [-0.39, 0.29) is 0 Å². The summed E-state index contributed by atoms with van der Waals surface area (Å²) in [5, 5.41) is 13.4. The first kappa shape index (κ1) is 12.6. The van der Waals surface area contributed by atoms with Gasteiger partial charge in [-0.3, -0.25) is 0 Å². The van der Waals surface area contributed by atoms with Crippen LogP contribution in [0, 0.1) is 6.92 Å². The maximum absolute atomic E-state index is 10.9. The highest BCUT2D eigenvalue weighted by Crippen LogP contribution is 2.37. The topological polar surface area (TPSA) is 20.2 Å². The van der Waals surface area contributed by atoms with Gasteiger partial charge in [-0.2, -0.15) is 0 Å². The Balaban J connectivity index is 1.94. The molecular formula is C20H18O. The Morgan fingerprint density at radius 2 is 1.57 bits per heavy atom. The van der Waals surface area contributed by atoms with Gasteiger partial charge >= 0.3 is 0 Å². The van der Waals surface area contributed by atoms with E-state index in [1.807, 2.05) is 18.2 Å². The standard InChI is InChI=1S/C20H18O/c1-13-5-2-3-7-16(13)20(21)18-12-11-15-10-9-14-6-4-8-17(18)19(14)15/h2-8,11-12,20-21H,9-10H2,1H3/t20-/m1/s1. The highest BCUT2D eigenvalue weighted by molar-refractivity contribution is 5.93. The number of rotatable bonds is 2. The Bertz CT molecular complexity index is 822. The van der Waals surface area contributed by atoms with Crippen LogP contribution in [0.1, 0.15) is 33.9 Å². The Hall–Kier alpha value is -2.12. The van der Waals surface area contributed by atoms with Crippen molar-refractivity contribution in [2.24, 2.45) is 0 Å². The summed E-state index contributed by atoms with van der Waals surface area (Å²) in [6.07, 6.45) is 1.68. The van der Waals surface area contributed by atoms with Crippen LogP contribution in [0.2, 0.25) is 0 Å². The molecule has 0 radical (unpaired) electrons. The molecule has 0 saturated heterocycles. The van der Waals surface area contributed by atoms with Gasteiger partial charge in [0.15, 0.2) is 0 Å². The minimum atomic E-state index is -0.559. The molecule has 4 rings (SSSR count). The summed E-state index contributed by atoms with van der Waals surface area (Å²) in [6.45, 7) is 2.05.